The fourth-order valence-corrected chi connectivity index (χ4v) is 10.7. The maximum atomic E-state index is 7.02. The summed E-state index contributed by atoms with van der Waals surface area (Å²) in [6, 6.07) is 33.1. The number of rotatable bonds is 8. The number of benzene rings is 3. The number of unbranched alkanes of at least 4 members (excludes halogenated alkanes) is 1. The van der Waals surface area contributed by atoms with Crippen LogP contribution in [-0.4, -0.2) is 31.4 Å². The minimum Gasteiger partial charge on any atom is -0.407 e. The molecule has 2 fully saturated rings. The summed E-state index contributed by atoms with van der Waals surface area (Å²) in [6.45, 7) is 8.78. The highest BCUT2D eigenvalue weighted by Crippen LogP contribution is 2.55. The fraction of sp³-hybridized carbons (Fsp3) is 0.394. The molecule has 0 aromatic heterocycles. The third-order valence-electron chi connectivity index (χ3n) is 8.16. The Hall–Kier alpha value is -2.64. The number of hydrogen-bond donors (Lipinski definition) is 0. The average Bonchev–Trinajstić information content (AvgIpc) is 3.51. The summed E-state index contributed by atoms with van der Waals surface area (Å²) >= 11 is 0. The van der Waals surface area contributed by atoms with Gasteiger partial charge in [0.15, 0.2) is 0 Å². The first-order valence-corrected chi connectivity index (χ1v) is 15.4. The minimum absolute atomic E-state index is 0.0178. The molecule has 3 aromatic rings. The van der Waals surface area contributed by atoms with E-state index >= 15 is 0 Å². The summed E-state index contributed by atoms with van der Waals surface area (Å²) < 4.78 is 7.02. The van der Waals surface area contributed by atoms with Gasteiger partial charge in [0.1, 0.15) is 0 Å². The highest BCUT2D eigenvalue weighted by atomic mass is 28.4. The molecule has 2 atom stereocenters. The molecule has 2 nitrogen and oxygen atoms in total. The van der Waals surface area contributed by atoms with Gasteiger partial charge in [-0.1, -0.05) is 118 Å². The zero-order valence-electron chi connectivity index (χ0n) is 22.0. The summed E-state index contributed by atoms with van der Waals surface area (Å²) in [6.07, 6.45) is 5.81. The van der Waals surface area contributed by atoms with Crippen LogP contribution in [0.2, 0.25) is 5.04 Å². The van der Waals surface area contributed by atoms with Crippen LogP contribution in [0.4, 0.5) is 0 Å². The zero-order valence-corrected chi connectivity index (χ0v) is 23.0. The Bertz CT molecular complexity index is 1150. The number of nitrogens with zero attached hydrogens (tertiary/aromatic N) is 1. The zero-order chi connectivity index (χ0) is 25.1. The molecule has 1 heterocycles. The molecule has 1 spiro atoms. The standard InChI is InChI=1S/C33H39NOSi/c1-32(2,3)36(29-19-10-5-11-20-29,30-21-12-6-13-22-30)35-26-15-7-14-23-31-33(24-16-25-33)34(31)27-28-17-8-4-9-18-28/h4-6,8-13,17-22,31H,7,15-16,24-27H2,1-3H3. The van der Waals surface area contributed by atoms with E-state index in [-0.39, 0.29) is 5.04 Å². The lowest BCUT2D eigenvalue weighted by molar-refractivity contribution is 0.270. The van der Waals surface area contributed by atoms with E-state index in [0.29, 0.717) is 11.6 Å². The largest absolute Gasteiger partial charge is 0.407 e. The van der Waals surface area contributed by atoms with E-state index in [0.717, 1.165) is 26.0 Å². The summed E-state index contributed by atoms with van der Waals surface area (Å²) in [5, 5.41) is 2.71. The van der Waals surface area contributed by atoms with E-state index in [9.17, 15) is 0 Å². The SMILES string of the molecule is CC(C)(C)[Si](OCCCC#CC1N(Cc2ccccc2)C12CCC2)(c1ccccc1)c1ccccc1. The molecule has 1 aliphatic carbocycles. The molecular formula is C33H39NOSi. The van der Waals surface area contributed by atoms with Crippen molar-refractivity contribution in [3.05, 3.63) is 96.6 Å². The van der Waals surface area contributed by atoms with Gasteiger partial charge in [-0.25, -0.2) is 0 Å². The number of hydrogen-bond acceptors (Lipinski definition) is 2. The summed E-state index contributed by atoms with van der Waals surface area (Å²) in [5.41, 5.74) is 1.76. The molecule has 0 bridgehead atoms. The van der Waals surface area contributed by atoms with Crippen molar-refractivity contribution in [2.75, 3.05) is 6.61 Å². The molecular weight excluding hydrogens is 454 g/mol. The van der Waals surface area contributed by atoms with Crippen molar-refractivity contribution in [3.63, 3.8) is 0 Å². The topological polar surface area (TPSA) is 12.2 Å². The van der Waals surface area contributed by atoms with Gasteiger partial charge in [0.05, 0.1) is 6.04 Å². The van der Waals surface area contributed by atoms with Gasteiger partial charge >= 0.3 is 0 Å². The molecule has 2 aliphatic rings. The molecule has 5 rings (SSSR count). The quantitative estimate of drug-likeness (QED) is 0.161. The van der Waals surface area contributed by atoms with Crippen LogP contribution in [0.25, 0.3) is 0 Å². The monoisotopic (exact) mass is 493 g/mol. The molecule has 0 amide bonds. The lowest BCUT2D eigenvalue weighted by atomic mass is 9.81. The minimum atomic E-state index is -2.45. The van der Waals surface area contributed by atoms with Gasteiger partial charge in [-0.15, -0.1) is 5.92 Å². The van der Waals surface area contributed by atoms with Gasteiger partial charge < -0.3 is 4.43 Å². The second-order valence-corrected chi connectivity index (χ2v) is 15.7. The van der Waals surface area contributed by atoms with E-state index in [4.69, 9.17) is 4.43 Å². The Labute approximate surface area is 218 Å². The first-order valence-electron chi connectivity index (χ1n) is 13.5. The van der Waals surface area contributed by atoms with E-state index < -0.39 is 8.32 Å². The molecule has 3 heteroatoms. The molecule has 1 saturated heterocycles. The first kappa shape index (κ1) is 25.0. The van der Waals surface area contributed by atoms with Crippen LogP contribution in [0, 0.1) is 11.8 Å². The Morgan fingerprint density at radius 2 is 1.42 bits per heavy atom. The third-order valence-corrected chi connectivity index (χ3v) is 13.2. The van der Waals surface area contributed by atoms with Crippen molar-refractivity contribution in [3.8, 4) is 11.8 Å². The predicted octanol–water partition coefficient (Wildman–Crippen LogP) is 6.15. The van der Waals surface area contributed by atoms with Crippen LogP contribution < -0.4 is 10.4 Å². The second kappa shape index (κ2) is 10.4. The Morgan fingerprint density at radius 3 is 1.92 bits per heavy atom. The third kappa shape index (κ3) is 4.71. The van der Waals surface area contributed by atoms with E-state index in [1.807, 2.05) is 0 Å². The molecule has 2 unspecified atom stereocenters. The van der Waals surface area contributed by atoms with E-state index in [2.05, 4.69) is 129 Å². The highest BCUT2D eigenvalue weighted by molar-refractivity contribution is 6.99. The van der Waals surface area contributed by atoms with Crippen molar-refractivity contribution in [2.24, 2.45) is 0 Å². The van der Waals surface area contributed by atoms with Crippen LogP contribution >= 0.6 is 0 Å². The van der Waals surface area contributed by atoms with E-state index in [1.165, 1.54) is 35.2 Å². The summed E-state index contributed by atoms with van der Waals surface area (Å²) in [4.78, 5) is 2.62. The molecule has 0 radical (unpaired) electrons. The van der Waals surface area contributed by atoms with Gasteiger partial charge in [0, 0.05) is 25.1 Å². The van der Waals surface area contributed by atoms with Crippen molar-refractivity contribution in [1.29, 1.82) is 0 Å². The molecule has 186 valence electrons. The smallest absolute Gasteiger partial charge is 0.261 e. The molecule has 36 heavy (non-hydrogen) atoms. The van der Waals surface area contributed by atoms with Crippen molar-refractivity contribution < 1.29 is 4.43 Å². The van der Waals surface area contributed by atoms with Gasteiger partial charge in [0.25, 0.3) is 8.32 Å². The molecule has 0 N–H and O–H groups in total. The van der Waals surface area contributed by atoms with Crippen molar-refractivity contribution in [1.82, 2.24) is 4.90 Å². The molecule has 1 saturated carbocycles. The highest BCUT2D eigenvalue weighted by Gasteiger charge is 2.64. The van der Waals surface area contributed by atoms with Crippen LogP contribution in [0.3, 0.4) is 0 Å². The van der Waals surface area contributed by atoms with Crippen LogP contribution in [-0.2, 0) is 11.0 Å². The predicted molar refractivity (Wildman–Crippen MR) is 153 cm³/mol. The molecule has 1 aliphatic heterocycles. The maximum Gasteiger partial charge on any atom is 0.261 e. The first-order chi connectivity index (χ1) is 17.5. The van der Waals surface area contributed by atoms with Gasteiger partial charge in [-0.3, -0.25) is 4.90 Å². The van der Waals surface area contributed by atoms with Gasteiger partial charge in [-0.05, 0) is 46.7 Å². The van der Waals surface area contributed by atoms with Gasteiger partial charge in [-0.2, -0.15) is 0 Å². The second-order valence-electron chi connectivity index (χ2n) is 11.4. The van der Waals surface area contributed by atoms with Crippen molar-refractivity contribution >= 4 is 18.7 Å². The maximum absolute atomic E-state index is 7.02. The lowest BCUT2D eigenvalue weighted by Gasteiger charge is -2.43. The summed E-state index contributed by atoms with van der Waals surface area (Å²) in [7, 11) is -2.45. The van der Waals surface area contributed by atoms with Gasteiger partial charge in [0.2, 0.25) is 0 Å². The van der Waals surface area contributed by atoms with E-state index in [1.54, 1.807) is 0 Å². The lowest BCUT2D eigenvalue weighted by Crippen LogP contribution is -2.66. The summed E-state index contributed by atoms with van der Waals surface area (Å²) in [5.74, 6) is 7.18. The Kier molecular flexibility index (Phi) is 7.22. The average molecular weight is 494 g/mol. The van der Waals surface area contributed by atoms with Crippen LogP contribution in [0.5, 0.6) is 0 Å². The molecule has 3 aromatic carbocycles. The fourth-order valence-electron chi connectivity index (χ4n) is 6.09. The van der Waals surface area contributed by atoms with Crippen molar-refractivity contribution in [2.45, 2.75) is 76.0 Å². The Morgan fingerprint density at radius 1 is 0.861 bits per heavy atom. The normalized spacial score (nSPS) is 20.3. The van der Waals surface area contributed by atoms with Crippen LogP contribution in [0.1, 0.15) is 58.4 Å². The Balaban J connectivity index is 1.24. The van der Waals surface area contributed by atoms with Crippen LogP contribution in [0.15, 0.2) is 91.0 Å².